The number of dihydropyridines is 1. The molecular weight excluding hydrogens is 238 g/mol. The van der Waals surface area contributed by atoms with E-state index in [2.05, 4.69) is 4.99 Å². The van der Waals surface area contributed by atoms with Crippen molar-refractivity contribution < 1.29 is 13.5 Å². The molecule has 2 aliphatic heterocycles. The van der Waals surface area contributed by atoms with Crippen molar-refractivity contribution in [2.75, 3.05) is 13.3 Å². The van der Waals surface area contributed by atoms with Crippen molar-refractivity contribution in [3.63, 3.8) is 0 Å². The summed E-state index contributed by atoms with van der Waals surface area (Å²) in [4.78, 5) is 6.12. The Hall–Kier alpha value is -1.91. The standard InChI is InChI=1S/C13H12F2N2O/c14-11-5-9-7-17(10-1-3-16-4-2-10)8-18-13(9)6-12(11)15/h1,3,5-6H,2,4,7-8H2. The molecule has 3 rings (SSSR count). The van der Waals surface area contributed by atoms with Crippen molar-refractivity contribution in [2.45, 2.75) is 13.0 Å². The van der Waals surface area contributed by atoms with Gasteiger partial charge in [-0.3, -0.25) is 4.99 Å². The maximum atomic E-state index is 13.2. The molecule has 0 aromatic heterocycles. The molecule has 2 heterocycles. The molecule has 18 heavy (non-hydrogen) atoms. The molecule has 0 fully saturated rings. The molecule has 94 valence electrons. The fraction of sp³-hybridized carbons (Fsp3) is 0.308. The van der Waals surface area contributed by atoms with Crippen LogP contribution in [-0.2, 0) is 6.54 Å². The first-order chi connectivity index (χ1) is 8.74. The molecule has 1 aromatic carbocycles. The predicted octanol–water partition coefficient (Wildman–Crippen LogP) is 2.48. The number of rotatable bonds is 1. The highest BCUT2D eigenvalue weighted by atomic mass is 19.2. The molecule has 0 unspecified atom stereocenters. The van der Waals surface area contributed by atoms with Gasteiger partial charge in [0.05, 0.1) is 0 Å². The zero-order valence-electron chi connectivity index (χ0n) is 9.70. The SMILES string of the molecule is Fc1cc2c(cc1F)OCN(C1=CC=NCC1)C2. The summed E-state index contributed by atoms with van der Waals surface area (Å²) in [7, 11) is 0. The monoisotopic (exact) mass is 250 g/mol. The van der Waals surface area contributed by atoms with Gasteiger partial charge in [-0.1, -0.05) is 0 Å². The van der Waals surface area contributed by atoms with Gasteiger partial charge in [-0.05, 0) is 12.1 Å². The van der Waals surface area contributed by atoms with E-state index in [0.29, 0.717) is 24.6 Å². The fourth-order valence-corrected chi connectivity index (χ4v) is 2.15. The van der Waals surface area contributed by atoms with Gasteiger partial charge in [0.25, 0.3) is 0 Å². The number of hydrogen-bond acceptors (Lipinski definition) is 3. The topological polar surface area (TPSA) is 24.8 Å². The Morgan fingerprint density at radius 2 is 2.06 bits per heavy atom. The third-order valence-electron chi connectivity index (χ3n) is 3.12. The average Bonchev–Trinajstić information content (AvgIpc) is 2.41. The molecule has 0 aliphatic carbocycles. The number of hydrogen-bond donors (Lipinski definition) is 0. The Morgan fingerprint density at radius 1 is 1.22 bits per heavy atom. The van der Waals surface area contributed by atoms with Gasteiger partial charge in [0, 0.05) is 43.1 Å². The molecular formula is C13H12F2N2O. The quantitative estimate of drug-likeness (QED) is 0.765. The van der Waals surface area contributed by atoms with Crippen molar-refractivity contribution in [1.82, 2.24) is 4.90 Å². The van der Waals surface area contributed by atoms with E-state index in [1.807, 2.05) is 11.0 Å². The summed E-state index contributed by atoms with van der Waals surface area (Å²) in [6, 6.07) is 2.31. The van der Waals surface area contributed by atoms with E-state index in [4.69, 9.17) is 4.74 Å². The van der Waals surface area contributed by atoms with Crippen molar-refractivity contribution in [3.05, 3.63) is 41.1 Å². The first-order valence-corrected chi connectivity index (χ1v) is 5.79. The second-order valence-corrected chi connectivity index (χ2v) is 4.31. The second-order valence-electron chi connectivity index (χ2n) is 4.31. The van der Waals surface area contributed by atoms with Gasteiger partial charge in [-0.25, -0.2) is 8.78 Å². The minimum Gasteiger partial charge on any atom is -0.473 e. The van der Waals surface area contributed by atoms with Gasteiger partial charge in [-0.15, -0.1) is 0 Å². The second kappa shape index (κ2) is 4.40. The number of fused-ring (bicyclic) bond motifs is 1. The highest BCUT2D eigenvalue weighted by molar-refractivity contribution is 5.73. The molecule has 0 spiro atoms. The Bertz CT molecular complexity index is 540. The Kier molecular flexibility index (Phi) is 2.74. The lowest BCUT2D eigenvalue weighted by molar-refractivity contribution is 0.123. The van der Waals surface area contributed by atoms with E-state index >= 15 is 0 Å². The van der Waals surface area contributed by atoms with Gasteiger partial charge < -0.3 is 9.64 Å². The van der Waals surface area contributed by atoms with Gasteiger partial charge in [0.1, 0.15) is 5.75 Å². The first kappa shape index (κ1) is 11.2. The maximum absolute atomic E-state index is 13.2. The molecule has 0 saturated carbocycles. The van der Waals surface area contributed by atoms with E-state index in [1.165, 1.54) is 6.07 Å². The summed E-state index contributed by atoms with van der Waals surface area (Å²) in [5, 5.41) is 0. The Balaban J connectivity index is 1.86. The van der Waals surface area contributed by atoms with Crippen molar-refractivity contribution in [1.29, 1.82) is 0 Å². The van der Waals surface area contributed by atoms with Crippen LogP contribution in [0.4, 0.5) is 8.78 Å². The number of nitrogens with zero attached hydrogens (tertiary/aromatic N) is 2. The molecule has 5 heteroatoms. The van der Waals surface area contributed by atoms with E-state index in [-0.39, 0.29) is 0 Å². The van der Waals surface area contributed by atoms with Gasteiger partial charge >= 0.3 is 0 Å². The van der Waals surface area contributed by atoms with Crippen LogP contribution < -0.4 is 4.74 Å². The first-order valence-electron chi connectivity index (χ1n) is 5.79. The minimum absolute atomic E-state index is 0.359. The Labute approximate surface area is 103 Å². The molecule has 2 aliphatic rings. The maximum Gasteiger partial charge on any atom is 0.162 e. The number of ether oxygens (including phenoxy) is 1. The van der Waals surface area contributed by atoms with Crippen LogP contribution in [0.5, 0.6) is 5.75 Å². The van der Waals surface area contributed by atoms with Gasteiger partial charge in [0.2, 0.25) is 0 Å². The minimum atomic E-state index is -0.869. The summed E-state index contributed by atoms with van der Waals surface area (Å²) >= 11 is 0. The smallest absolute Gasteiger partial charge is 0.162 e. The van der Waals surface area contributed by atoms with Crippen LogP contribution >= 0.6 is 0 Å². The Morgan fingerprint density at radius 3 is 2.83 bits per heavy atom. The summed E-state index contributed by atoms with van der Waals surface area (Å²) < 4.78 is 31.7. The number of halogens is 2. The van der Waals surface area contributed by atoms with Crippen LogP contribution in [0.1, 0.15) is 12.0 Å². The summed E-state index contributed by atoms with van der Waals surface area (Å²) in [5.74, 6) is -1.28. The summed E-state index contributed by atoms with van der Waals surface area (Å²) in [6.45, 7) is 1.65. The highest BCUT2D eigenvalue weighted by Gasteiger charge is 2.21. The molecule has 3 nitrogen and oxygen atoms in total. The highest BCUT2D eigenvalue weighted by Crippen LogP contribution is 2.29. The van der Waals surface area contributed by atoms with Crippen LogP contribution in [0.15, 0.2) is 28.9 Å². The largest absolute Gasteiger partial charge is 0.473 e. The van der Waals surface area contributed by atoms with Crippen LogP contribution in [0, 0.1) is 11.6 Å². The summed E-state index contributed by atoms with van der Waals surface area (Å²) in [5.41, 5.74) is 1.78. The number of aliphatic imine (C=N–C) groups is 1. The molecule has 0 radical (unpaired) electrons. The number of allylic oxidation sites excluding steroid dienone is 1. The fourth-order valence-electron chi connectivity index (χ4n) is 2.15. The van der Waals surface area contributed by atoms with Crippen molar-refractivity contribution >= 4 is 6.21 Å². The average molecular weight is 250 g/mol. The van der Waals surface area contributed by atoms with Gasteiger partial charge in [-0.2, -0.15) is 0 Å². The third kappa shape index (κ3) is 1.96. The van der Waals surface area contributed by atoms with E-state index in [9.17, 15) is 8.78 Å². The lowest BCUT2D eigenvalue weighted by atomic mass is 10.1. The molecule has 0 amide bonds. The summed E-state index contributed by atoms with van der Waals surface area (Å²) in [6.07, 6.45) is 4.54. The normalized spacial score (nSPS) is 18.1. The zero-order valence-corrected chi connectivity index (χ0v) is 9.70. The molecule has 0 bridgehead atoms. The predicted molar refractivity (Wildman–Crippen MR) is 63.5 cm³/mol. The molecule has 0 saturated heterocycles. The van der Waals surface area contributed by atoms with Crippen molar-refractivity contribution in [3.8, 4) is 5.75 Å². The number of benzene rings is 1. The van der Waals surface area contributed by atoms with Crippen LogP contribution in [-0.4, -0.2) is 24.4 Å². The van der Waals surface area contributed by atoms with Crippen LogP contribution in [0.25, 0.3) is 0 Å². The van der Waals surface area contributed by atoms with E-state index < -0.39 is 11.6 Å². The van der Waals surface area contributed by atoms with Crippen molar-refractivity contribution in [2.24, 2.45) is 4.99 Å². The zero-order chi connectivity index (χ0) is 12.5. The van der Waals surface area contributed by atoms with Crippen LogP contribution in [0.2, 0.25) is 0 Å². The third-order valence-corrected chi connectivity index (χ3v) is 3.12. The lowest BCUT2D eigenvalue weighted by Gasteiger charge is -2.33. The molecule has 0 atom stereocenters. The molecule has 0 N–H and O–H groups in total. The molecule has 1 aromatic rings. The van der Waals surface area contributed by atoms with Gasteiger partial charge in [0.15, 0.2) is 18.4 Å². The van der Waals surface area contributed by atoms with E-state index in [0.717, 1.165) is 24.7 Å². The van der Waals surface area contributed by atoms with Crippen LogP contribution in [0.3, 0.4) is 0 Å². The lowest BCUT2D eigenvalue weighted by Crippen LogP contribution is -2.32. The van der Waals surface area contributed by atoms with E-state index in [1.54, 1.807) is 6.21 Å².